The van der Waals surface area contributed by atoms with Gasteiger partial charge in [-0.15, -0.1) is 0 Å². The number of aliphatic hydroxyl groups excluding tert-OH is 1. The molecule has 2 aromatic carbocycles. The molecule has 0 aliphatic carbocycles. The number of hydrogen-bond acceptors (Lipinski definition) is 4. The Morgan fingerprint density at radius 1 is 1.00 bits per heavy atom. The molecule has 1 spiro atoms. The number of aliphatic hydroxyl groups is 1. The number of aryl methyl sites for hydroxylation is 1. The summed E-state index contributed by atoms with van der Waals surface area (Å²) in [6, 6.07) is 14.0. The van der Waals surface area contributed by atoms with Gasteiger partial charge in [0.2, 0.25) is 0 Å². The topological polar surface area (TPSA) is 73.7 Å². The van der Waals surface area contributed by atoms with E-state index in [0.717, 1.165) is 11.1 Å². The number of carbonyl (C=O) groups excluding carboxylic acids is 2. The lowest BCUT2D eigenvalue weighted by atomic mass is 9.70. The molecule has 2 aliphatic heterocycles. The molecule has 0 bridgehead atoms. The second-order valence-corrected chi connectivity index (χ2v) is 11.0. The quantitative estimate of drug-likeness (QED) is 0.425. The summed E-state index contributed by atoms with van der Waals surface area (Å²) in [4.78, 5) is 34.8. The fraction of sp³-hybridized carbons (Fsp3) is 0.345. The fourth-order valence-electron chi connectivity index (χ4n) is 5.52. The average molecular weight is 556 g/mol. The Balaban J connectivity index is 1.31. The third-order valence-corrected chi connectivity index (χ3v) is 8.36. The molecule has 3 aromatic rings. The minimum Gasteiger partial charge on any atom is -0.392 e. The van der Waals surface area contributed by atoms with Gasteiger partial charge in [-0.2, -0.15) is 0 Å². The van der Waals surface area contributed by atoms with Gasteiger partial charge in [-0.1, -0.05) is 53.0 Å². The first-order valence-electron chi connectivity index (χ1n) is 12.6. The first-order valence-corrected chi connectivity index (χ1v) is 13.4. The third kappa shape index (κ3) is 5.03. The normalized spacial score (nSPS) is 19.0. The highest BCUT2D eigenvalue weighted by Gasteiger charge is 2.46. The summed E-state index contributed by atoms with van der Waals surface area (Å²) in [5.74, 6) is -1.17. The molecule has 1 unspecified atom stereocenters. The molecule has 0 saturated carbocycles. The van der Waals surface area contributed by atoms with Crippen LogP contribution in [0.1, 0.15) is 45.5 Å². The number of hydrogen-bond donors (Lipinski definition) is 1. The number of halogens is 3. The number of benzene rings is 2. The van der Waals surface area contributed by atoms with Gasteiger partial charge in [-0.25, -0.2) is 4.39 Å². The van der Waals surface area contributed by atoms with Crippen molar-refractivity contribution in [1.29, 1.82) is 0 Å². The van der Waals surface area contributed by atoms with Crippen molar-refractivity contribution in [3.63, 3.8) is 0 Å². The summed E-state index contributed by atoms with van der Waals surface area (Å²) in [6.45, 7) is 3.62. The molecule has 1 aromatic heterocycles. The van der Waals surface area contributed by atoms with Crippen LogP contribution in [0.4, 0.5) is 4.39 Å². The smallest absolute Gasteiger partial charge is 0.256 e. The molecule has 1 N–H and O–H groups in total. The Labute approximate surface area is 231 Å². The van der Waals surface area contributed by atoms with Crippen molar-refractivity contribution in [2.45, 2.75) is 32.3 Å². The maximum atomic E-state index is 13.9. The highest BCUT2D eigenvalue weighted by Crippen LogP contribution is 2.41. The number of nitrogens with zero attached hydrogens (tertiary/aromatic N) is 3. The van der Waals surface area contributed by atoms with Crippen molar-refractivity contribution in [3.8, 4) is 11.3 Å². The highest BCUT2D eigenvalue weighted by atomic mass is 35.5. The van der Waals surface area contributed by atoms with Crippen LogP contribution in [0.3, 0.4) is 0 Å². The van der Waals surface area contributed by atoms with Crippen LogP contribution in [0, 0.1) is 18.2 Å². The highest BCUT2D eigenvalue weighted by molar-refractivity contribution is 6.35. The summed E-state index contributed by atoms with van der Waals surface area (Å²) in [5, 5.41) is 10.6. The van der Waals surface area contributed by atoms with E-state index in [1.165, 1.54) is 12.1 Å². The zero-order chi connectivity index (χ0) is 27.0. The van der Waals surface area contributed by atoms with Crippen LogP contribution < -0.4 is 0 Å². The van der Waals surface area contributed by atoms with Crippen LogP contribution in [0.15, 0.2) is 54.7 Å². The molecule has 1 atom stereocenters. The standard InChI is InChI=1S/C29H28Cl2FN3O3/c1-18-4-6-19(7-5-18)26-21(3-2-11-33-26)28(38)34-13-9-29(10-14-34)17-35(12-8-24(29)36)27(37)20-15-22(30)25(32)23(31)16-20/h2-7,11,15-16,24,36H,8-10,12-14,17H2,1H3. The predicted octanol–water partition coefficient (Wildman–Crippen LogP) is 5.63. The Morgan fingerprint density at radius 3 is 2.32 bits per heavy atom. The van der Waals surface area contributed by atoms with Crippen LogP contribution in [-0.4, -0.2) is 64.0 Å². The first-order chi connectivity index (χ1) is 18.2. The Morgan fingerprint density at radius 2 is 1.66 bits per heavy atom. The van der Waals surface area contributed by atoms with E-state index >= 15 is 0 Å². The fourth-order valence-corrected chi connectivity index (χ4v) is 6.01. The van der Waals surface area contributed by atoms with Gasteiger partial charge in [0.15, 0.2) is 5.82 Å². The SMILES string of the molecule is Cc1ccc(-c2ncccc2C(=O)N2CCC3(CC2)CN(C(=O)c2cc(Cl)c(F)c(Cl)c2)CCC3O)cc1. The summed E-state index contributed by atoms with van der Waals surface area (Å²) < 4.78 is 13.9. The van der Waals surface area contributed by atoms with Crippen molar-refractivity contribution in [2.24, 2.45) is 5.41 Å². The Bertz CT molecular complexity index is 1350. The van der Waals surface area contributed by atoms with Gasteiger partial charge < -0.3 is 14.9 Å². The van der Waals surface area contributed by atoms with Gasteiger partial charge in [0.05, 0.1) is 27.4 Å². The van der Waals surface area contributed by atoms with Gasteiger partial charge in [0, 0.05) is 48.9 Å². The molecule has 2 amide bonds. The summed E-state index contributed by atoms with van der Waals surface area (Å²) >= 11 is 11.8. The van der Waals surface area contributed by atoms with Crippen molar-refractivity contribution >= 4 is 35.0 Å². The number of piperidine rings is 2. The Hall–Kier alpha value is -3.00. The summed E-state index contributed by atoms with van der Waals surface area (Å²) in [5.41, 5.74) is 2.87. The number of likely N-dealkylation sites (tertiary alicyclic amines) is 2. The van der Waals surface area contributed by atoms with Crippen molar-refractivity contribution in [3.05, 3.63) is 87.3 Å². The van der Waals surface area contributed by atoms with E-state index in [1.807, 2.05) is 31.2 Å². The predicted molar refractivity (Wildman–Crippen MR) is 145 cm³/mol. The lowest BCUT2D eigenvalue weighted by Crippen LogP contribution is -2.58. The second kappa shape index (κ2) is 10.6. The van der Waals surface area contributed by atoms with E-state index in [1.54, 1.807) is 28.1 Å². The molecule has 9 heteroatoms. The minimum absolute atomic E-state index is 0.0997. The maximum absolute atomic E-state index is 13.9. The molecule has 2 aliphatic rings. The second-order valence-electron chi connectivity index (χ2n) is 10.2. The molecule has 0 radical (unpaired) electrons. The van der Waals surface area contributed by atoms with Gasteiger partial charge in [0.1, 0.15) is 0 Å². The van der Waals surface area contributed by atoms with E-state index in [9.17, 15) is 19.1 Å². The Kier molecular flexibility index (Phi) is 7.45. The largest absolute Gasteiger partial charge is 0.392 e. The first kappa shape index (κ1) is 26.6. The lowest BCUT2D eigenvalue weighted by Gasteiger charge is -2.50. The average Bonchev–Trinajstić information content (AvgIpc) is 2.93. The number of rotatable bonds is 3. The van der Waals surface area contributed by atoms with Crippen LogP contribution in [-0.2, 0) is 0 Å². The number of pyridine rings is 1. The van der Waals surface area contributed by atoms with Gasteiger partial charge >= 0.3 is 0 Å². The van der Waals surface area contributed by atoms with Crippen LogP contribution in [0.2, 0.25) is 10.0 Å². The zero-order valence-corrected chi connectivity index (χ0v) is 22.5. The molecule has 5 rings (SSSR count). The molecule has 2 fully saturated rings. The molecular formula is C29H28Cl2FN3O3. The third-order valence-electron chi connectivity index (χ3n) is 7.81. The molecule has 2 saturated heterocycles. The van der Waals surface area contributed by atoms with E-state index in [2.05, 4.69) is 4.98 Å². The number of aromatic nitrogens is 1. The molecule has 6 nitrogen and oxygen atoms in total. The zero-order valence-electron chi connectivity index (χ0n) is 21.0. The minimum atomic E-state index is -0.758. The van der Waals surface area contributed by atoms with Gasteiger partial charge in [0.25, 0.3) is 11.8 Å². The van der Waals surface area contributed by atoms with Crippen LogP contribution in [0.25, 0.3) is 11.3 Å². The summed E-state index contributed by atoms with van der Waals surface area (Å²) in [7, 11) is 0. The molecule has 38 heavy (non-hydrogen) atoms. The lowest BCUT2D eigenvalue weighted by molar-refractivity contribution is -0.0676. The number of carbonyl (C=O) groups is 2. The van der Waals surface area contributed by atoms with E-state index in [-0.39, 0.29) is 27.4 Å². The van der Waals surface area contributed by atoms with Crippen molar-refractivity contribution in [1.82, 2.24) is 14.8 Å². The molecular weight excluding hydrogens is 528 g/mol. The van der Waals surface area contributed by atoms with Crippen molar-refractivity contribution in [2.75, 3.05) is 26.2 Å². The maximum Gasteiger partial charge on any atom is 0.256 e. The number of amides is 2. The summed E-state index contributed by atoms with van der Waals surface area (Å²) in [6.07, 6.45) is 2.61. The molecule has 3 heterocycles. The van der Waals surface area contributed by atoms with E-state index in [4.69, 9.17) is 23.2 Å². The van der Waals surface area contributed by atoms with Crippen molar-refractivity contribution < 1.29 is 19.1 Å². The van der Waals surface area contributed by atoms with Gasteiger partial charge in [-0.05, 0) is 50.5 Å². The van der Waals surface area contributed by atoms with Crippen LogP contribution >= 0.6 is 23.2 Å². The van der Waals surface area contributed by atoms with E-state index < -0.39 is 17.3 Å². The monoisotopic (exact) mass is 555 g/mol. The van der Waals surface area contributed by atoms with E-state index in [0.29, 0.717) is 56.7 Å². The molecule has 198 valence electrons. The van der Waals surface area contributed by atoms with Gasteiger partial charge in [-0.3, -0.25) is 14.6 Å². The van der Waals surface area contributed by atoms with Crippen LogP contribution in [0.5, 0.6) is 0 Å².